The van der Waals surface area contributed by atoms with Crippen molar-refractivity contribution in [3.05, 3.63) is 11.8 Å². The Bertz CT molecular complexity index is 297. The van der Waals surface area contributed by atoms with E-state index < -0.39 is 0 Å². The summed E-state index contributed by atoms with van der Waals surface area (Å²) in [4.78, 5) is 0. The van der Waals surface area contributed by atoms with E-state index in [9.17, 15) is 0 Å². The fraction of sp³-hybridized carbons (Fsp3) is 0.778. The molecular formula is C9H15N3O3. The molecule has 1 aromatic heterocycles. The van der Waals surface area contributed by atoms with Gasteiger partial charge in [0, 0.05) is 6.42 Å². The van der Waals surface area contributed by atoms with E-state index >= 15 is 0 Å². The molecule has 2 N–H and O–H groups in total. The summed E-state index contributed by atoms with van der Waals surface area (Å²) in [6, 6.07) is 0. The maximum Gasteiger partial charge on any atom is 0.247 e. The Morgan fingerprint density at radius 3 is 3.00 bits per heavy atom. The summed E-state index contributed by atoms with van der Waals surface area (Å²) in [5.41, 5.74) is 5.39. The topological polar surface area (TPSA) is 83.4 Å². The lowest BCUT2D eigenvalue weighted by Gasteiger charge is -2.19. The molecule has 15 heavy (non-hydrogen) atoms. The van der Waals surface area contributed by atoms with E-state index in [0.29, 0.717) is 38.1 Å². The lowest BCUT2D eigenvalue weighted by molar-refractivity contribution is -0.0999. The van der Waals surface area contributed by atoms with Gasteiger partial charge in [-0.1, -0.05) is 0 Å². The normalized spacial score (nSPS) is 21.8. The lowest BCUT2D eigenvalue weighted by Crippen LogP contribution is -2.22. The van der Waals surface area contributed by atoms with Crippen LogP contribution in [0.2, 0.25) is 0 Å². The zero-order valence-electron chi connectivity index (χ0n) is 8.52. The molecule has 1 fully saturated rings. The number of hydrogen-bond donors (Lipinski definition) is 1. The van der Waals surface area contributed by atoms with Crippen LogP contribution in [0.1, 0.15) is 24.3 Å². The van der Waals surface area contributed by atoms with Crippen LogP contribution in [0.3, 0.4) is 0 Å². The van der Waals surface area contributed by atoms with Crippen molar-refractivity contribution in [1.29, 1.82) is 0 Å². The number of aromatic nitrogens is 2. The average Bonchev–Trinajstić information content (AvgIpc) is 2.76. The summed E-state index contributed by atoms with van der Waals surface area (Å²) in [6.45, 7) is 2.31. The van der Waals surface area contributed by atoms with Gasteiger partial charge in [-0.2, -0.15) is 0 Å². The molecule has 1 unspecified atom stereocenters. The zero-order valence-corrected chi connectivity index (χ0v) is 8.52. The summed E-state index contributed by atoms with van der Waals surface area (Å²) < 4.78 is 16.1. The molecule has 6 nitrogen and oxygen atoms in total. The third-order valence-electron chi connectivity index (χ3n) is 2.17. The number of ether oxygens (including phenoxy) is 2. The molecule has 0 amide bonds. The van der Waals surface area contributed by atoms with Gasteiger partial charge < -0.3 is 19.6 Å². The standard InChI is InChI=1S/C9H15N3O3/c10-3-1-2-8-11-12-9(15-8)7-6-13-4-5-14-7/h7H,1-6,10H2. The molecule has 1 aromatic rings. The zero-order chi connectivity index (χ0) is 10.5. The van der Waals surface area contributed by atoms with Crippen LogP contribution in [0.4, 0.5) is 0 Å². The van der Waals surface area contributed by atoms with Crippen LogP contribution in [0.5, 0.6) is 0 Å². The fourth-order valence-electron chi connectivity index (χ4n) is 1.38. The van der Waals surface area contributed by atoms with Crippen LogP contribution >= 0.6 is 0 Å². The van der Waals surface area contributed by atoms with Gasteiger partial charge in [0.05, 0.1) is 19.8 Å². The first-order chi connectivity index (χ1) is 7.40. The smallest absolute Gasteiger partial charge is 0.247 e. The number of hydrogen-bond acceptors (Lipinski definition) is 6. The number of nitrogens with zero attached hydrogens (tertiary/aromatic N) is 2. The van der Waals surface area contributed by atoms with E-state index in [4.69, 9.17) is 19.6 Å². The summed E-state index contributed by atoms with van der Waals surface area (Å²) in [6.07, 6.45) is 1.36. The van der Waals surface area contributed by atoms with Crippen molar-refractivity contribution in [1.82, 2.24) is 10.2 Å². The predicted octanol–water partition coefficient (Wildman–Crippen LogP) is 0.0488. The maximum atomic E-state index is 5.44. The van der Waals surface area contributed by atoms with Crippen molar-refractivity contribution in [2.45, 2.75) is 18.9 Å². The van der Waals surface area contributed by atoms with Gasteiger partial charge in [-0.25, -0.2) is 0 Å². The average molecular weight is 213 g/mol. The summed E-state index contributed by atoms with van der Waals surface area (Å²) in [5, 5.41) is 7.85. The van der Waals surface area contributed by atoms with Crippen LogP contribution in [-0.4, -0.2) is 36.6 Å². The number of nitrogens with two attached hydrogens (primary N) is 1. The highest BCUT2D eigenvalue weighted by atomic mass is 16.6. The Kier molecular flexibility index (Phi) is 3.65. The minimum absolute atomic E-state index is 0.210. The first-order valence-electron chi connectivity index (χ1n) is 5.12. The molecule has 1 saturated heterocycles. The van der Waals surface area contributed by atoms with Crippen LogP contribution < -0.4 is 5.73 Å². The third kappa shape index (κ3) is 2.74. The Labute approximate surface area is 87.7 Å². The van der Waals surface area contributed by atoms with Gasteiger partial charge in [-0.15, -0.1) is 10.2 Å². The minimum atomic E-state index is -0.210. The van der Waals surface area contributed by atoms with E-state index in [1.165, 1.54) is 0 Å². The largest absolute Gasteiger partial charge is 0.422 e. The van der Waals surface area contributed by atoms with Gasteiger partial charge in [-0.3, -0.25) is 0 Å². The summed E-state index contributed by atoms with van der Waals surface area (Å²) >= 11 is 0. The van der Waals surface area contributed by atoms with Crippen molar-refractivity contribution in [2.24, 2.45) is 5.73 Å². The highest BCUT2D eigenvalue weighted by Gasteiger charge is 2.22. The fourth-order valence-corrected chi connectivity index (χ4v) is 1.38. The van der Waals surface area contributed by atoms with Gasteiger partial charge in [-0.05, 0) is 13.0 Å². The number of aryl methyl sites for hydroxylation is 1. The molecule has 1 aliphatic heterocycles. The van der Waals surface area contributed by atoms with Gasteiger partial charge in [0.25, 0.3) is 0 Å². The van der Waals surface area contributed by atoms with Crippen LogP contribution in [-0.2, 0) is 15.9 Å². The Morgan fingerprint density at radius 2 is 2.27 bits per heavy atom. The first kappa shape index (κ1) is 10.5. The Balaban J connectivity index is 1.93. The van der Waals surface area contributed by atoms with E-state index in [2.05, 4.69) is 10.2 Å². The maximum absolute atomic E-state index is 5.44. The monoisotopic (exact) mass is 213 g/mol. The molecule has 2 heterocycles. The van der Waals surface area contributed by atoms with E-state index in [-0.39, 0.29) is 6.10 Å². The van der Waals surface area contributed by atoms with Crippen molar-refractivity contribution in [3.63, 3.8) is 0 Å². The quantitative estimate of drug-likeness (QED) is 0.760. The molecule has 0 aliphatic carbocycles. The Morgan fingerprint density at radius 1 is 1.33 bits per heavy atom. The highest BCUT2D eigenvalue weighted by Crippen LogP contribution is 2.19. The number of rotatable bonds is 4. The highest BCUT2D eigenvalue weighted by molar-refractivity contribution is 4.88. The van der Waals surface area contributed by atoms with Gasteiger partial charge >= 0.3 is 0 Å². The Hall–Kier alpha value is -0.980. The van der Waals surface area contributed by atoms with E-state index in [1.807, 2.05) is 0 Å². The van der Waals surface area contributed by atoms with E-state index in [1.54, 1.807) is 0 Å². The van der Waals surface area contributed by atoms with Crippen LogP contribution in [0.25, 0.3) is 0 Å². The van der Waals surface area contributed by atoms with Crippen molar-refractivity contribution < 1.29 is 13.9 Å². The van der Waals surface area contributed by atoms with Crippen molar-refractivity contribution in [2.75, 3.05) is 26.4 Å². The van der Waals surface area contributed by atoms with Gasteiger partial charge in [0.15, 0.2) is 6.10 Å². The molecule has 0 saturated carbocycles. The predicted molar refractivity (Wildman–Crippen MR) is 51.2 cm³/mol. The first-order valence-corrected chi connectivity index (χ1v) is 5.12. The summed E-state index contributed by atoms with van der Waals surface area (Å²) in [7, 11) is 0. The lowest BCUT2D eigenvalue weighted by atomic mass is 10.3. The van der Waals surface area contributed by atoms with E-state index in [0.717, 1.165) is 12.8 Å². The van der Waals surface area contributed by atoms with Crippen LogP contribution in [0, 0.1) is 0 Å². The molecule has 1 aliphatic rings. The molecule has 84 valence electrons. The third-order valence-corrected chi connectivity index (χ3v) is 2.17. The molecule has 1 atom stereocenters. The molecule has 0 radical (unpaired) electrons. The molecule has 0 aromatic carbocycles. The van der Waals surface area contributed by atoms with Crippen molar-refractivity contribution in [3.8, 4) is 0 Å². The van der Waals surface area contributed by atoms with Gasteiger partial charge in [0.1, 0.15) is 0 Å². The second kappa shape index (κ2) is 5.20. The second-order valence-corrected chi connectivity index (χ2v) is 3.36. The minimum Gasteiger partial charge on any atom is -0.422 e. The second-order valence-electron chi connectivity index (χ2n) is 3.36. The summed E-state index contributed by atoms with van der Waals surface area (Å²) in [5.74, 6) is 1.12. The SMILES string of the molecule is NCCCc1nnc(C2COCCO2)o1. The van der Waals surface area contributed by atoms with Crippen LogP contribution in [0.15, 0.2) is 4.42 Å². The molecule has 0 spiro atoms. The van der Waals surface area contributed by atoms with Gasteiger partial charge in [0.2, 0.25) is 11.8 Å². The molecular weight excluding hydrogens is 198 g/mol. The molecule has 2 rings (SSSR count). The molecule has 0 bridgehead atoms. The molecule has 6 heteroatoms. The van der Waals surface area contributed by atoms with Crippen molar-refractivity contribution >= 4 is 0 Å².